The predicted molar refractivity (Wildman–Crippen MR) is 133 cm³/mol. The van der Waals surface area contributed by atoms with Crippen LogP contribution in [0, 0.1) is 5.92 Å². The number of nitrogens with zero attached hydrogens (tertiary/aromatic N) is 1. The van der Waals surface area contributed by atoms with Crippen LogP contribution < -0.4 is 15.5 Å². The number of benzene rings is 3. The molecule has 0 bridgehead atoms. The van der Waals surface area contributed by atoms with Crippen LogP contribution in [-0.2, 0) is 4.79 Å². The fourth-order valence-electron chi connectivity index (χ4n) is 3.35. The van der Waals surface area contributed by atoms with E-state index in [1.807, 2.05) is 57.2 Å². The monoisotopic (exact) mass is 485 g/mol. The Bertz CT molecular complexity index is 1190. The molecule has 0 fully saturated rings. The number of hydrogen-bond donors (Lipinski definition) is 2. The molecule has 1 unspecified atom stereocenters. The summed E-state index contributed by atoms with van der Waals surface area (Å²) >= 11 is 12.0. The lowest BCUT2D eigenvalue weighted by atomic mass is 10.0. The molecule has 1 atom stereocenters. The van der Waals surface area contributed by atoms with Gasteiger partial charge in [-0.25, -0.2) is 5.43 Å². The van der Waals surface area contributed by atoms with Gasteiger partial charge in [-0.3, -0.25) is 9.59 Å². The van der Waals surface area contributed by atoms with Gasteiger partial charge in [0.25, 0.3) is 11.8 Å². The van der Waals surface area contributed by atoms with Gasteiger partial charge in [0.05, 0.1) is 23.4 Å². The van der Waals surface area contributed by atoms with Gasteiger partial charge < -0.3 is 10.1 Å². The molecule has 3 aromatic rings. The Balaban J connectivity index is 1.78. The molecule has 8 heteroatoms. The van der Waals surface area contributed by atoms with E-state index >= 15 is 0 Å². The summed E-state index contributed by atoms with van der Waals surface area (Å²) in [7, 11) is 0. The van der Waals surface area contributed by atoms with E-state index < -0.39 is 17.9 Å². The summed E-state index contributed by atoms with van der Waals surface area (Å²) in [5.41, 5.74) is 3.53. The summed E-state index contributed by atoms with van der Waals surface area (Å²) < 4.78 is 5.73. The van der Waals surface area contributed by atoms with Crippen molar-refractivity contribution < 1.29 is 14.3 Å². The topological polar surface area (TPSA) is 79.8 Å². The maximum Gasteiger partial charge on any atom is 0.262 e. The molecule has 6 nitrogen and oxygen atoms in total. The summed E-state index contributed by atoms with van der Waals surface area (Å²) in [5, 5.41) is 9.48. The van der Waals surface area contributed by atoms with Gasteiger partial charge in [-0.15, -0.1) is 0 Å². The minimum absolute atomic E-state index is 0.188. The van der Waals surface area contributed by atoms with Crippen LogP contribution in [0.15, 0.2) is 59.7 Å². The quantitative estimate of drug-likeness (QED) is 0.328. The zero-order chi connectivity index (χ0) is 24.0. The van der Waals surface area contributed by atoms with Crippen LogP contribution in [0.1, 0.15) is 36.7 Å². The molecule has 0 aromatic heterocycles. The number of hydrazone groups is 1. The van der Waals surface area contributed by atoms with E-state index in [9.17, 15) is 9.59 Å². The second kappa shape index (κ2) is 11.2. The lowest BCUT2D eigenvalue weighted by molar-refractivity contribution is -0.123. The van der Waals surface area contributed by atoms with E-state index in [0.717, 1.165) is 16.3 Å². The average molecular weight is 486 g/mol. The zero-order valence-electron chi connectivity index (χ0n) is 18.6. The number of halogens is 2. The van der Waals surface area contributed by atoms with Gasteiger partial charge in [-0.2, -0.15) is 5.10 Å². The summed E-state index contributed by atoms with van der Waals surface area (Å²) in [6.45, 7) is 6.06. The number of hydrogen-bond acceptors (Lipinski definition) is 4. The first-order chi connectivity index (χ1) is 15.8. The molecule has 0 aliphatic heterocycles. The van der Waals surface area contributed by atoms with Crippen molar-refractivity contribution in [2.75, 3.05) is 6.61 Å². The maximum atomic E-state index is 12.8. The maximum absolute atomic E-state index is 12.8. The number of amides is 2. The third-order valence-corrected chi connectivity index (χ3v) is 5.56. The fourth-order valence-corrected chi connectivity index (χ4v) is 3.84. The SMILES string of the molecule is CCOc1ccc2ccccc2c1/C=N/NC(=O)C(NC(=O)c1ccc(Cl)cc1Cl)C(C)C. The van der Waals surface area contributed by atoms with E-state index in [1.165, 1.54) is 12.1 Å². The summed E-state index contributed by atoms with van der Waals surface area (Å²) in [6.07, 6.45) is 1.56. The molecule has 3 rings (SSSR count). The Morgan fingerprint density at radius 2 is 1.85 bits per heavy atom. The fraction of sp³-hybridized carbons (Fsp3) is 0.240. The molecule has 172 valence electrons. The zero-order valence-corrected chi connectivity index (χ0v) is 20.1. The molecule has 2 N–H and O–H groups in total. The molecule has 0 spiro atoms. The molecule has 33 heavy (non-hydrogen) atoms. The number of carbonyl (C=O) groups is 2. The lowest BCUT2D eigenvalue weighted by Crippen LogP contribution is -2.48. The van der Waals surface area contributed by atoms with Gasteiger partial charge in [0, 0.05) is 10.6 Å². The molecule has 0 radical (unpaired) electrons. The first-order valence-electron chi connectivity index (χ1n) is 10.5. The van der Waals surface area contributed by atoms with Crippen molar-refractivity contribution in [3.8, 4) is 5.75 Å². The van der Waals surface area contributed by atoms with Crippen LogP contribution in [0.3, 0.4) is 0 Å². The molecular formula is C25H25Cl2N3O3. The first kappa shape index (κ1) is 24.6. The molecule has 0 aliphatic rings. The second-order valence-corrected chi connectivity index (χ2v) is 8.53. The highest BCUT2D eigenvalue weighted by Gasteiger charge is 2.25. The van der Waals surface area contributed by atoms with Crippen LogP contribution in [-0.4, -0.2) is 30.7 Å². The largest absolute Gasteiger partial charge is 0.493 e. The van der Waals surface area contributed by atoms with Gasteiger partial charge in [0.15, 0.2) is 0 Å². The predicted octanol–water partition coefficient (Wildman–Crippen LogP) is 5.45. The highest BCUT2D eigenvalue weighted by molar-refractivity contribution is 6.36. The number of ether oxygens (including phenoxy) is 1. The molecule has 0 aliphatic carbocycles. The van der Waals surface area contributed by atoms with Crippen molar-refractivity contribution in [3.05, 3.63) is 75.8 Å². The van der Waals surface area contributed by atoms with Crippen LogP contribution in [0.2, 0.25) is 10.0 Å². The molecule has 0 saturated carbocycles. The Morgan fingerprint density at radius 1 is 1.09 bits per heavy atom. The van der Waals surface area contributed by atoms with Crippen molar-refractivity contribution in [1.29, 1.82) is 0 Å². The van der Waals surface area contributed by atoms with Gasteiger partial charge in [-0.1, -0.05) is 67.4 Å². The second-order valence-electron chi connectivity index (χ2n) is 7.69. The normalized spacial score (nSPS) is 12.2. The van der Waals surface area contributed by atoms with E-state index in [-0.39, 0.29) is 16.5 Å². The molecular weight excluding hydrogens is 461 g/mol. The van der Waals surface area contributed by atoms with Crippen molar-refractivity contribution in [2.45, 2.75) is 26.8 Å². The number of carbonyl (C=O) groups excluding carboxylic acids is 2. The number of rotatable bonds is 8. The van der Waals surface area contributed by atoms with Gasteiger partial charge in [-0.05, 0) is 47.9 Å². The smallest absolute Gasteiger partial charge is 0.262 e. The van der Waals surface area contributed by atoms with E-state index in [4.69, 9.17) is 27.9 Å². The molecule has 3 aromatic carbocycles. The summed E-state index contributed by atoms with van der Waals surface area (Å²) in [6, 6.07) is 15.4. The van der Waals surface area contributed by atoms with Crippen LogP contribution in [0.25, 0.3) is 10.8 Å². The minimum Gasteiger partial charge on any atom is -0.493 e. The summed E-state index contributed by atoms with van der Waals surface area (Å²) in [5.74, 6) is -0.438. The van der Waals surface area contributed by atoms with Crippen molar-refractivity contribution in [3.63, 3.8) is 0 Å². The minimum atomic E-state index is -0.819. The third-order valence-electron chi connectivity index (χ3n) is 5.01. The van der Waals surface area contributed by atoms with E-state index in [2.05, 4.69) is 15.8 Å². The van der Waals surface area contributed by atoms with Crippen molar-refractivity contribution in [1.82, 2.24) is 10.7 Å². The Labute approximate surface area is 202 Å². The molecule has 0 saturated heterocycles. The highest BCUT2D eigenvalue weighted by atomic mass is 35.5. The van der Waals surface area contributed by atoms with Crippen molar-refractivity contribution >= 4 is 52.0 Å². The van der Waals surface area contributed by atoms with Crippen LogP contribution in [0.4, 0.5) is 0 Å². The Hall–Kier alpha value is -3.09. The number of nitrogens with one attached hydrogen (secondary N) is 2. The molecule has 2 amide bonds. The number of fused-ring (bicyclic) bond motifs is 1. The highest BCUT2D eigenvalue weighted by Crippen LogP contribution is 2.26. The van der Waals surface area contributed by atoms with Crippen LogP contribution >= 0.6 is 23.2 Å². The molecule has 0 heterocycles. The standard InChI is InChI=1S/C25H25Cl2N3O3/c1-4-33-22-12-9-16-7-5-6-8-18(16)20(22)14-28-30-25(32)23(15(2)3)29-24(31)19-11-10-17(26)13-21(19)27/h5-15,23H,4H2,1-3H3,(H,29,31)(H,30,32)/b28-14+. The van der Waals surface area contributed by atoms with E-state index in [1.54, 1.807) is 12.3 Å². The van der Waals surface area contributed by atoms with E-state index in [0.29, 0.717) is 17.4 Å². The van der Waals surface area contributed by atoms with Gasteiger partial charge in [0.1, 0.15) is 11.8 Å². The average Bonchev–Trinajstić information content (AvgIpc) is 2.78. The van der Waals surface area contributed by atoms with Crippen molar-refractivity contribution in [2.24, 2.45) is 11.0 Å². The third kappa shape index (κ3) is 6.03. The summed E-state index contributed by atoms with van der Waals surface area (Å²) in [4.78, 5) is 25.5. The Morgan fingerprint density at radius 3 is 2.55 bits per heavy atom. The van der Waals surface area contributed by atoms with Crippen LogP contribution in [0.5, 0.6) is 5.75 Å². The van der Waals surface area contributed by atoms with Gasteiger partial charge in [0.2, 0.25) is 0 Å². The Kier molecular flexibility index (Phi) is 8.31. The van der Waals surface area contributed by atoms with Gasteiger partial charge >= 0.3 is 0 Å². The lowest BCUT2D eigenvalue weighted by Gasteiger charge is -2.20. The first-order valence-corrected chi connectivity index (χ1v) is 11.3.